The largest absolute Gasteiger partial charge is 0.459 e. The molecule has 0 bridgehead atoms. The SMILES string of the molecule is CC(C)(C)OC(=O)CNCc1cc(Cl)cc(Cl)c1. The lowest BCUT2D eigenvalue weighted by molar-refractivity contribution is -0.153. The predicted molar refractivity (Wildman–Crippen MR) is 74.0 cm³/mol. The smallest absolute Gasteiger partial charge is 0.320 e. The fraction of sp³-hybridized carbons (Fsp3) is 0.462. The summed E-state index contributed by atoms with van der Waals surface area (Å²) < 4.78 is 5.17. The summed E-state index contributed by atoms with van der Waals surface area (Å²) >= 11 is 11.7. The first-order chi connectivity index (χ1) is 8.26. The van der Waals surface area contributed by atoms with Crippen LogP contribution in [0.2, 0.25) is 10.0 Å². The first kappa shape index (κ1) is 15.3. The van der Waals surface area contributed by atoms with E-state index in [2.05, 4.69) is 5.32 Å². The summed E-state index contributed by atoms with van der Waals surface area (Å²) in [6.45, 7) is 6.17. The number of halogens is 2. The molecule has 0 aliphatic carbocycles. The van der Waals surface area contributed by atoms with E-state index < -0.39 is 5.60 Å². The fourth-order valence-electron chi connectivity index (χ4n) is 1.40. The molecule has 3 nitrogen and oxygen atoms in total. The van der Waals surface area contributed by atoms with Gasteiger partial charge in [0.25, 0.3) is 0 Å². The zero-order chi connectivity index (χ0) is 13.8. The topological polar surface area (TPSA) is 38.3 Å². The minimum absolute atomic E-state index is 0.154. The molecule has 1 rings (SSSR count). The number of hydrogen-bond donors (Lipinski definition) is 1. The number of esters is 1. The Morgan fingerprint density at radius 1 is 1.22 bits per heavy atom. The van der Waals surface area contributed by atoms with Gasteiger partial charge in [0.2, 0.25) is 0 Å². The lowest BCUT2D eigenvalue weighted by Crippen LogP contribution is -2.31. The minimum atomic E-state index is -0.460. The van der Waals surface area contributed by atoms with Crippen molar-refractivity contribution in [3.63, 3.8) is 0 Å². The van der Waals surface area contributed by atoms with Gasteiger partial charge >= 0.3 is 5.97 Å². The second kappa shape index (κ2) is 6.41. The third-order valence-electron chi connectivity index (χ3n) is 1.94. The van der Waals surface area contributed by atoms with Crippen LogP contribution in [0, 0.1) is 0 Å². The van der Waals surface area contributed by atoms with Crippen molar-refractivity contribution in [1.29, 1.82) is 0 Å². The zero-order valence-corrected chi connectivity index (χ0v) is 12.2. The van der Waals surface area contributed by atoms with Crippen LogP contribution >= 0.6 is 23.2 Å². The van der Waals surface area contributed by atoms with Crippen LogP contribution in [0.15, 0.2) is 18.2 Å². The molecule has 0 fully saturated rings. The van der Waals surface area contributed by atoms with Crippen LogP contribution in [-0.4, -0.2) is 18.1 Å². The average Bonchev–Trinajstić information content (AvgIpc) is 2.12. The summed E-state index contributed by atoms with van der Waals surface area (Å²) in [5.74, 6) is -0.282. The van der Waals surface area contributed by atoms with E-state index in [1.165, 1.54) is 0 Å². The van der Waals surface area contributed by atoms with Crippen molar-refractivity contribution in [1.82, 2.24) is 5.32 Å². The molecule has 0 radical (unpaired) electrons. The monoisotopic (exact) mass is 289 g/mol. The molecule has 0 heterocycles. The molecule has 0 saturated carbocycles. The highest BCUT2D eigenvalue weighted by Gasteiger charge is 2.15. The quantitative estimate of drug-likeness (QED) is 0.863. The maximum atomic E-state index is 11.4. The molecular formula is C13H17Cl2NO2. The first-order valence-electron chi connectivity index (χ1n) is 5.64. The Balaban J connectivity index is 2.40. The second-order valence-corrected chi connectivity index (χ2v) is 5.84. The van der Waals surface area contributed by atoms with E-state index in [9.17, 15) is 4.79 Å². The van der Waals surface area contributed by atoms with Gasteiger partial charge in [0.1, 0.15) is 5.60 Å². The first-order valence-corrected chi connectivity index (χ1v) is 6.39. The Bertz CT molecular complexity index is 407. The summed E-state index contributed by atoms with van der Waals surface area (Å²) in [4.78, 5) is 11.4. The van der Waals surface area contributed by atoms with Gasteiger partial charge < -0.3 is 10.1 Å². The van der Waals surface area contributed by atoms with E-state index >= 15 is 0 Å². The van der Waals surface area contributed by atoms with Gasteiger partial charge in [-0.1, -0.05) is 23.2 Å². The van der Waals surface area contributed by atoms with Crippen LogP contribution in [0.25, 0.3) is 0 Å². The molecule has 1 aromatic carbocycles. The Morgan fingerprint density at radius 2 is 1.78 bits per heavy atom. The minimum Gasteiger partial charge on any atom is -0.459 e. The van der Waals surface area contributed by atoms with Crippen LogP contribution in [-0.2, 0) is 16.1 Å². The van der Waals surface area contributed by atoms with Crippen LogP contribution < -0.4 is 5.32 Å². The van der Waals surface area contributed by atoms with Gasteiger partial charge in [-0.2, -0.15) is 0 Å². The highest BCUT2D eigenvalue weighted by Crippen LogP contribution is 2.18. The van der Waals surface area contributed by atoms with Crippen molar-refractivity contribution in [2.45, 2.75) is 32.9 Å². The van der Waals surface area contributed by atoms with Gasteiger partial charge in [-0.15, -0.1) is 0 Å². The molecule has 0 amide bonds. The molecule has 0 atom stereocenters. The number of carbonyl (C=O) groups is 1. The third-order valence-corrected chi connectivity index (χ3v) is 2.38. The molecule has 0 aromatic heterocycles. The van der Waals surface area contributed by atoms with Crippen molar-refractivity contribution in [2.75, 3.05) is 6.54 Å². The molecule has 0 unspecified atom stereocenters. The van der Waals surface area contributed by atoms with Crippen molar-refractivity contribution < 1.29 is 9.53 Å². The molecule has 1 aromatic rings. The Kier molecular flexibility index (Phi) is 5.45. The fourth-order valence-corrected chi connectivity index (χ4v) is 1.97. The third kappa shape index (κ3) is 6.24. The average molecular weight is 290 g/mol. The van der Waals surface area contributed by atoms with Gasteiger partial charge in [-0.25, -0.2) is 0 Å². The lowest BCUT2D eigenvalue weighted by atomic mass is 10.2. The van der Waals surface area contributed by atoms with E-state index in [-0.39, 0.29) is 12.5 Å². The number of carbonyl (C=O) groups excluding carboxylic acids is 1. The Labute approximate surface area is 117 Å². The number of ether oxygens (including phenoxy) is 1. The van der Waals surface area contributed by atoms with Crippen molar-refractivity contribution in [2.24, 2.45) is 0 Å². The maximum Gasteiger partial charge on any atom is 0.320 e. The van der Waals surface area contributed by atoms with Gasteiger partial charge in [-0.3, -0.25) is 4.79 Å². The van der Waals surface area contributed by atoms with Crippen LogP contribution in [0.4, 0.5) is 0 Å². The molecule has 0 aliphatic rings. The number of rotatable bonds is 4. The maximum absolute atomic E-state index is 11.4. The Morgan fingerprint density at radius 3 is 2.28 bits per heavy atom. The molecule has 1 N–H and O–H groups in total. The highest BCUT2D eigenvalue weighted by molar-refractivity contribution is 6.34. The van der Waals surface area contributed by atoms with Crippen molar-refractivity contribution in [3.05, 3.63) is 33.8 Å². The van der Waals surface area contributed by atoms with Crippen LogP contribution in [0.3, 0.4) is 0 Å². The van der Waals surface area contributed by atoms with Gasteiger partial charge in [0.15, 0.2) is 0 Å². The van der Waals surface area contributed by atoms with Crippen LogP contribution in [0.1, 0.15) is 26.3 Å². The highest BCUT2D eigenvalue weighted by atomic mass is 35.5. The van der Waals surface area contributed by atoms with E-state index in [0.717, 1.165) is 5.56 Å². The number of benzene rings is 1. The molecule has 5 heteroatoms. The summed E-state index contributed by atoms with van der Waals surface area (Å²) in [6, 6.07) is 5.27. The molecular weight excluding hydrogens is 273 g/mol. The zero-order valence-electron chi connectivity index (χ0n) is 10.7. The summed E-state index contributed by atoms with van der Waals surface area (Å²) in [5.41, 5.74) is 0.467. The van der Waals surface area contributed by atoms with E-state index in [0.29, 0.717) is 16.6 Å². The molecule has 100 valence electrons. The van der Waals surface area contributed by atoms with Crippen molar-refractivity contribution in [3.8, 4) is 0 Å². The summed E-state index contributed by atoms with van der Waals surface area (Å²) in [5, 5.41) is 4.15. The standard InChI is InChI=1S/C13H17Cl2NO2/c1-13(2,3)18-12(17)8-16-7-9-4-10(14)6-11(15)5-9/h4-6,16H,7-8H2,1-3H3. The molecule has 0 saturated heterocycles. The lowest BCUT2D eigenvalue weighted by Gasteiger charge is -2.19. The number of hydrogen-bond acceptors (Lipinski definition) is 3. The predicted octanol–water partition coefficient (Wildman–Crippen LogP) is 3.42. The molecule has 0 spiro atoms. The second-order valence-electron chi connectivity index (χ2n) is 4.97. The van der Waals surface area contributed by atoms with Crippen LogP contribution in [0.5, 0.6) is 0 Å². The normalized spacial score (nSPS) is 11.4. The Hall–Kier alpha value is -0.770. The van der Waals surface area contributed by atoms with E-state index in [1.54, 1.807) is 18.2 Å². The van der Waals surface area contributed by atoms with E-state index in [1.807, 2.05) is 20.8 Å². The molecule has 0 aliphatic heterocycles. The number of nitrogens with one attached hydrogen (secondary N) is 1. The summed E-state index contributed by atoms with van der Waals surface area (Å²) in [7, 11) is 0. The van der Waals surface area contributed by atoms with Gasteiger partial charge in [0.05, 0.1) is 6.54 Å². The van der Waals surface area contributed by atoms with Crippen molar-refractivity contribution >= 4 is 29.2 Å². The van der Waals surface area contributed by atoms with Gasteiger partial charge in [-0.05, 0) is 44.5 Å². The van der Waals surface area contributed by atoms with E-state index in [4.69, 9.17) is 27.9 Å². The summed E-state index contributed by atoms with van der Waals surface area (Å²) in [6.07, 6.45) is 0. The van der Waals surface area contributed by atoms with Gasteiger partial charge in [0, 0.05) is 16.6 Å². The molecule has 18 heavy (non-hydrogen) atoms.